The van der Waals surface area contributed by atoms with Crippen molar-refractivity contribution in [3.05, 3.63) is 60.2 Å². The summed E-state index contributed by atoms with van der Waals surface area (Å²) in [5.74, 6) is 0.751. The molecule has 28 heavy (non-hydrogen) atoms. The topological polar surface area (TPSA) is 73.8 Å². The van der Waals surface area contributed by atoms with Crippen molar-refractivity contribution in [3.8, 4) is 0 Å². The minimum absolute atomic E-state index is 0.296. The van der Waals surface area contributed by atoms with Crippen LogP contribution in [0.1, 0.15) is 12.5 Å². The van der Waals surface area contributed by atoms with E-state index in [-0.39, 0.29) is 0 Å². The van der Waals surface area contributed by atoms with Gasteiger partial charge in [-0.15, -0.1) is 0 Å². The number of guanidine groups is 1. The summed E-state index contributed by atoms with van der Waals surface area (Å²) in [6.45, 7) is 3.63. The Bertz CT molecular complexity index is 865. The molecule has 1 atom stereocenters. The third-order valence-electron chi connectivity index (χ3n) is 4.67. The predicted octanol–water partition coefficient (Wildman–Crippen LogP) is 2.32. The summed E-state index contributed by atoms with van der Waals surface area (Å²) in [5, 5.41) is 6.65. The van der Waals surface area contributed by atoms with Crippen molar-refractivity contribution in [2.75, 3.05) is 38.3 Å². The minimum atomic E-state index is -3.15. The van der Waals surface area contributed by atoms with Gasteiger partial charge in [0.15, 0.2) is 15.8 Å². The molecule has 6 nitrogen and oxygen atoms in total. The zero-order valence-electron chi connectivity index (χ0n) is 17.0. The first kappa shape index (κ1) is 21.8. The molecular weight excluding hydrogens is 372 g/mol. The van der Waals surface area contributed by atoms with Crippen LogP contribution in [-0.4, -0.2) is 53.9 Å². The Balaban J connectivity index is 1.78. The van der Waals surface area contributed by atoms with Crippen LogP contribution >= 0.6 is 0 Å². The van der Waals surface area contributed by atoms with Gasteiger partial charge in [-0.2, -0.15) is 0 Å². The standard InChI is InChI=1S/C21H30N4O2S/c1-17(25(3)19-8-6-5-7-9-19)16-24-21(22-2)23-15-14-18-10-12-20(13-11-18)28(4,26)27/h5-13,17H,14-16H2,1-4H3,(H2,22,23,24). The molecule has 2 aromatic carbocycles. The van der Waals surface area contributed by atoms with Crippen LogP contribution in [0.2, 0.25) is 0 Å². The average molecular weight is 403 g/mol. The number of likely N-dealkylation sites (N-methyl/N-ethyl adjacent to an activating group) is 1. The van der Waals surface area contributed by atoms with Crippen molar-refractivity contribution in [1.82, 2.24) is 10.6 Å². The third-order valence-corrected chi connectivity index (χ3v) is 5.80. The van der Waals surface area contributed by atoms with E-state index in [0.29, 0.717) is 17.5 Å². The lowest BCUT2D eigenvalue weighted by Gasteiger charge is -2.27. The number of benzene rings is 2. The number of aliphatic imine (C=N–C) groups is 1. The van der Waals surface area contributed by atoms with E-state index in [1.807, 2.05) is 30.3 Å². The van der Waals surface area contributed by atoms with Crippen LogP contribution in [0.5, 0.6) is 0 Å². The lowest BCUT2D eigenvalue weighted by molar-refractivity contribution is 0.602. The van der Waals surface area contributed by atoms with Gasteiger partial charge in [-0.1, -0.05) is 30.3 Å². The fourth-order valence-electron chi connectivity index (χ4n) is 2.75. The van der Waals surface area contributed by atoms with Crippen LogP contribution < -0.4 is 15.5 Å². The normalized spacial score (nSPS) is 13.1. The number of nitrogens with one attached hydrogen (secondary N) is 2. The number of hydrogen-bond donors (Lipinski definition) is 2. The maximum atomic E-state index is 11.5. The van der Waals surface area contributed by atoms with E-state index in [2.05, 4.69) is 46.6 Å². The summed E-state index contributed by atoms with van der Waals surface area (Å²) in [6, 6.07) is 17.6. The summed E-state index contributed by atoms with van der Waals surface area (Å²) >= 11 is 0. The highest BCUT2D eigenvalue weighted by molar-refractivity contribution is 7.90. The molecule has 0 aliphatic rings. The van der Waals surface area contributed by atoms with Gasteiger partial charge in [0.25, 0.3) is 0 Å². The average Bonchev–Trinajstić information content (AvgIpc) is 2.70. The Morgan fingerprint density at radius 2 is 1.71 bits per heavy atom. The monoisotopic (exact) mass is 402 g/mol. The minimum Gasteiger partial charge on any atom is -0.370 e. The molecule has 0 saturated carbocycles. The number of rotatable bonds is 8. The fraction of sp³-hybridized carbons (Fsp3) is 0.381. The highest BCUT2D eigenvalue weighted by atomic mass is 32.2. The molecule has 152 valence electrons. The summed E-state index contributed by atoms with van der Waals surface area (Å²) in [7, 11) is 0.684. The molecule has 7 heteroatoms. The molecule has 2 N–H and O–H groups in total. The van der Waals surface area contributed by atoms with E-state index in [1.54, 1.807) is 19.2 Å². The molecule has 0 bridgehead atoms. The number of hydrogen-bond acceptors (Lipinski definition) is 4. The van der Waals surface area contributed by atoms with Crippen molar-refractivity contribution in [2.24, 2.45) is 4.99 Å². The molecule has 1 unspecified atom stereocenters. The molecule has 0 amide bonds. The van der Waals surface area contributed by atoms with Crippen LogP contribution in [0.3, 0.4) is 0 Å². The van der Waals surface area contributed by atoms with Gasteiger partial charge in [-0.3, -0.25) is 4.99 Å². The van der Waals surface area contributed by atoms with Gasteiger partial charge in [-0.05, 0) is 43.2 Å². The van der Waals surface area contributed by atoms with Gasteiger partial charge < -0.3 is 15.5 Å². The highest BCUT2D eigenvalue weighted by Crippen LogP contribution is 2.13. The largest absolute Gasteiger partial charge is 0.370 e. The maximum absolute atomic E-state index is 11.5. The lowest BCUT2D eigenvalue weighted by Crippen LogP contribution is -2.45. The Kier molecular flexibility index (Phi) is 7.87. The molecule has 0 saturated heterocycles. The summed E-state index contributed by atoms with van der Waals surface area (Å²) in [6.07, 6.45) is 2.00. The zero-order chi connectivity index (χ0) is 20.6. The second-order valence-corrected chi connectivity index (χ2v) is 8.86. The Morgan fingerprint density at radius 1 is 1.07 bits per heavy atom. The van der Waals surface area contributed by atoms with E-state index >= 15 is 0 Å². The SMILES string of the molecule is CN=C(NCCc1ccc(S(C)(=O)=O)cc1)NCC(C)N(C)c1ccccc1. The Morgan fingerprint density at radius 3 is 2.29 bits per heavy atom. The van der Waals surface area contributed by atoms with E-state index in [0.717, 1.165) is 24.5 Å². The Hall–Kier alpha value is -2.54. The van der Waals surface area contributed by atoms with Gasteiger partial charge in [0.1, 0.15) is 0 Å². The molecule has 0 aromatic heterocycles. The van der Waals surface area contributed by atoms with Gasteiger partial charge in [0.05, 0.1) is 4.90 Å². The van der Waals surface area contributed by atoms with Crippen molar-refractivity contribution < 1.29 is 8.42 Å². The Labute approximate surface area is 168 Å². The van der Waals surface area contributed by atoms with Gasteiger partial charge in [-0.25, -0.2) is 8.42 Å². The van der Waals surface area contributed by atoms with E-state index in [1.165, 1.54) is 11.9 Å². The molecule has 0 aliphatic carbocycles. The molecule has 0 aliphatic heterocycles. The fourth-order valence-corrected chi connectivity index (χ4v) is 3.38. The number of para-hydroxylation sites is 1. The van der Waals surface area contributed by atoms with E-state index < -0.39 is 9.84 Å². The zero-order valence-corrected chi connectivity index (χ0v) is 17.8. The van der Waals surface area contributed by atoms with Crippen molar-refractivity contribution in [3.63, 3.8) is 0 Å². The van der Waals surface area contributed by atoms with E-state index in [9.17, 15) is 8.42 Å². The first-order valence-electron chi connectivity index (χ1n) is 9.32. The first-order valence-corrected chi connectivity index (χ1v) is 11.2. The second-order valence-electron chi connectivity index (χ2n) is 6.84. The molecular formula is C21H30N4O2S. The van der Waals surface area contributed by atoms with Crippen molar-refractivity contribution in [1.29, 1.82) is 0 Å². The molecule has 0 radical (unpaired) electrons. The molecule has 0 spiro atoms. The van der Waals surface area contributed by atoms with Crippen LogP contribution in [-0.2, 0) is 16.3 Å². The summed E-state index contributed by atoms with van der Waals surface area (Å²) in [4.78, 5) is 6.84. The van der Waals surface area contributed by atoms with Gasteiger partial charge in [0.2, 0.25) is 0 Å². The van der Waals surface area contributed by atoms with Crippen LogP contribution in [0.4, 0.5) is 5.69 Å². The number of anilines is 1. The molecule has 2 rings (SSSR count). The third kappa shape index (κ3) is 6.56. The van der Waals surface area contributed by atoms with Crippen LogP contribution in [0.15, 0.2) is 64.5 Å². The van der Waals surface area contributed by atoms with Crippen molar-refractivity contribution in [2.45, 2.75) is 24.3 Å². The summed E-state index contributed by atoms with van der Waals surface area (Å²) in [5.41, 5.74) is 2.25. The lowest BCUT2D eigenvalue weighted by atomic mass is 10.1. The maximum Gasteiger partial charge on any atom is 0.191 e. The predicted molar refractivity (Wildman–Crippen MR) is 117 cm³/mol. The van der Waals surface area contributed by atoms with Gasteiger partial charge in [0, 0.05) is 45.2 Å². The smallest absolute Gasteiger partial charge is 0.191 e. The number of nitrogens with zero attached hydrogens (tertiary/aromatic N) is 2. The van der Waals surface area contributed by atoms with E-state index in [4.69, 9.17) is 0 Å². The molecule has 2 aromatic rings. The van der Waals surface area contributed by atoms with Crippen LogP contribution in [0, 0.1) is 0 Å². The molecule has 0 heterocycles. The van der Waals surface area contributed by atoms with Crippen molar-refractivity contribution >= 4 is 21.5 Å². The second kappa shape index (κ2) is 10.1. The quantitative estimate of drug-likeness (QED) is 0.524. The van der Waals surface area contributed by atoms with Crippen LogP contribution in [0.25, 0.3) is 0 Å². The summed E-state index contributed by atoms with van der Waals surface area (Å²) < 4.78 is 23.0. The van der Waals surface area contributed by atoms with Gasteiger partial charge >= 0.3 is 0 Å². The first-order chi connectivity index (χ1) is 13.3. The highest BCUT2D eigenvalue weighted by Gasteiger charge is 2.10. The molecule has 0 fully saturated rings. The number of sulfone groups is 1.